The van der Waals surface area contributed by atoms with Crippen LogP contribution in [0.15, 0.2) is 24.3 Å². The van der Waals surface area contributed by atoms with Crippen molar-refractivity contribution in [1.29, 1.82) is 0 Å². The second-order valence-electron chi connectivity index (χ2n) is 6.84. The van der Waals surface area contributed by atoms with Crippen LogP contribution in [0.4, 0.5) is 4.39 Å². The molecule has 5 heteroatoms. The Morgan fingerprint density at radius 1 is 1.35 bits per heavy atom. The Hall–Kier alpha value is -1.46. The summed E-state index contributed by atoms with van der Waals surface area (Å²) in [6, 6.07) is 6.79. The van der Waals surface area contributed by atoms with Gasteiger partial charge in [-0.1, -0.05) is 19.1 Å². The number of nitrogens with zero attached hydrogens (tertiary/aromatic N) is 1. The molecular formula is C18H26FN3O. The lowest BCUT2D eigenvalue weighted by Gasteiger charge is -2.32. The first kappa shape index (κ1) is 16.4. The van der Waals surface area contributed by atoms with E-state index in [1.807, 2.05) is 0 Å². The van der Waals surface area contributed by atoms with Gasteiger partial charge in [0.15, 0.2) is 0 Å². The van der Waals surface area contributed by atoms with Crippen LogP contribution in [0.3, 0.4) is 0 Å². The van der Waals surface area contributed by atoms with Crippen molar-refractivity contribution in [2.75, 3.05) is 19.6 Å². The average molecular weight is 319 g/mol. The van der Waals surface area contributed by atoms with Gasteiger partial charge in [0.1, 0.15) is 5.82 Å². The zero-order chi connectivity index (χ0) is 16.2. The van der Waals surface area contributed by atoms with Crippen molar-refractivity contribution < 1.29 is 9.18 Å². The number of rotatable bonds is 4. The van der Waals surface area contributed by atoms with Crippen LogP contribution < -0.4 is 10.6 Å². The largest absolute Gasteiger partial charge is 0.352 e. The summed E-state index contributed by atoms with van der Waals surface area (Å²) in [6.45, 7) is 5.76. The van der Waals surface area contributed by atoms with Crippen molar-refractivity contribution in [3.8, 4) is 0 Å². The number of piperidine rings is 1. The zero-order valence-corrected chi connectivity index (χ0v) is 13.7. The summed E-state index contributed by atoms with van der Waals surface area (Å²) < 4.78 is 13.0. The molecular weight excluding hydrogens is 293 g/mol. The highest BCUT2D eigenvalue weighted by atomic mass is 19.1. The molecule has 0 aromatic heterocycles. The second-order valence-corrected chi connectivity index (χ2v) is 6.84. The van der Waals surface area contributed by atoms with E-state index in [2.05, 4.69) is 22.5 Å². The molecule has 1 aromatic carbocycles. The van der Waals surface area contributed by atoms with Crippen LogP contribution in [-0.2, 0) is 11.3 Å². The highest BCUT2D eigenvalue weighted by Gasteiger charge is 2.33. The van der Waals surface area contributed by atoms with E-state index in [1.54, 1.807) is 12.1 Å². The van der Waals surface area contributed by atoms with Gasteiger partial charge in [-0.25, -0.2) is 4.39 Å². The third-order valence-electron chi connectivity index (χ3n) is 5.08. The fourth-order valence-electron chi connectivity index (χ4n) is 3.64. The summed E-state index contributed by atoms with van der Waals surface area (Å²) in [5, 5.41) is 6.62. The summed E-state index contributed by atoms with van der Waals surface area (Å²) in [7, 11) is 0. The Balaban J connectivity index is 1.59. The SMILES string of the molecule is CC1CNCCC1NC(=O)C1CCCN1Cc1ccc(F)cc1. The quantitative estimate of drug-likeness (QED) is 0.891. The third-order valence-corrected chi connectivity index (χ3v) is 5.08. The van der Waals surface area contributed by atoms with Crippen molar-refractivity contribution in [3.05, 3.63) is 35.6 Å². The molecule has 2 fully saturated rings. The van der Waals surface area contributed by atoms with E-state index < -0.39 is 0 Å². The molecule has 2 N–H and O–H groups in total. The minimum absolute atomic E-state index is 0.0536. The molecule has 1 amide bonds. The number of hydrogen-bond acceptors (Lipinski definition) is 3. The number of halogens is 1. The summed E-state index contributed by atoms with van der Waals surface area (Å²) in [5.74, 6) is 0.410. The van der Waals surface area contributed by atoms with Crippen molar-refractivity contribution >= 4 is 5.91 Å². The van der Waals surface area contributed by atoms with Crippen molar-refractivity contribution in [2.45, 2.75) is 44.8 Å². The molecule has 2 aliphatic heterocycles. The van der Waals surface area contributed by atoms with Crippen LogP contribution >= 0.6 is 0 Å². The minimum atomic E-state index is -0.218. The standard InChI is InChI=1S/C18H26FN3O/c1-13-11-20-9-8-16(13)21-18(23)17-3-2-10-22(17)12-14-4-6-15(19)7-5-14/h4-7,13,16-17,20H,2-3,8-12H2,1H3,(H,21,23). The van der Waals surface area contributed by atoms with Crippen molar-refractivity contribution in [2.24, 2.45) is 5.92 Å². The first-order valence-electron chi connectivity index (χ1n) is 8.63. The van der Waals surface area contributed by atoms with Crippen LogP contribution in [-0.4, -0.2) is 42.5 Å². The Kier molecular flexibility index (Phi) is 5.28. The number of benzene rings is 1. The lowest BCUT2D eigenvalue weighted by Crippen LogP contribution is -2.52. The number of nitrogens with one attached hydrogen (secondary N) is 2. The van der Waals surface area contributed by atoms with Crippen LogP contribution in [0.1, 0.15) is 31.7 Å². The van der Waals surface area contributed by atoms with E-state index in [0.29, 0.717) is 12.5 Å². The molecule has 3 rings (SSSR count). The minimum Gasteiger partial charge on any atom is -0.352 e. The topological polar surface area (TPSA) is 44.4 Å². The van der Waals surface area contributed by atoms with Gasteiger partial charge in [0.2, 0.25) is 5.91 Å². The zero-order valence-electron chi connectivity index (χ0n) is 13.7. The summed E-state index contributed by atoms with van der Waals surface area (Å²) in [4.78, 5) is 14.9. The molecule has 2 saturated heterocycles. The smallest absolute Gasteiger partial charge is 0.237 e. The highest BCUT2D eigenvalue weighted by molar-refractivity contribution is 5.82. The summed E-state index contributed by atoms with van der Waals surface area (Å²) >= 11 is 0. The van der Waals surface area contributed by atoms with Crippen LogP contribution in [0, 0.1) is 11.7 Å². The van der Waals surface area contributed by atoms with Gasteiger partial charge in [-0.2, -0.15) is 0 Å². The molecule has 0 saturated carbocycles. The Bertz CT molecular complexity index is 534. The van der Waals surface area contributed by atoms with Gasteiger partial charge in [-0.3, -0.25) is 9.69 Å². The van der Waals surface area contributed by atoms with Crippen molar-refractivity contribution in [1.82, 2.24) is 15.5 Å². The Morgan fingerprint density at radius 3 is 2.87 bits per heavy atom. The average Bonchev–Trinajstić information content (AvgIpc) is 3.00. The van der Waals surface area contributed by atoms with Crippen LogP contribution in [0.25, 0.3) is 0 Å². The van der Waals surface area contributed by atoms with Crippen LogP contribution in [0.5, 0.6) is 0 Å². The molecule has 126 valence electrons. The third kappa shape index (κ3) is 4.09. The second kappa shape index (κ2) is 7.41. The van der Waals surface area contributed by atoms with Crippen LogP contribution in [0.2, 0.25) is 0 Å². The predicted molar refractivity (Wildman–Crippen MR) is 88.4 cm³/mol. The molecule has 3 atom stereocenters. The van der Waals surface area contributed by atoms with Gasteiger partial charge < -0.3 is 10.6 Å². The molecule has 4 nitrogen and oxygen atoms in total. The van der Waals surface area contributed by atoms with Gasteiger partial charge >= 0.3 is 0 Å². The fourth-order valence-corrected chi connectivity index (χ4v) is 3.64. The van der Waals surface area contributed by atoms with E-state index in [-0.39, 0.29) is 23.8 Å². The molecule has 0 radical (unpaired) electrons. The lowest BCUT2D eigenvalue weighted by atomic mass is 9.95. The molecule has 1 aromatic rings. The summed E-state index contributed by atoms with van der Waals surface area (Å²) in [5.41, 5.74) is 1.06. The number of carbonyl (C=O) groups is 1. The lowest BCUT2D eigenvalue weighted by molar-refractivity contribution is -0.126. The monoisotopic (exact) mass is 319 g/mol. The molecule has 2 aliphatic rings. The highest BCUT2D eigenvalue weighted by Crippen LogP contribution is 2.21. The maximum Gasteiger partial charge on any atom is 0.237 e. The van der Waals surface area contributed by atoms with E-state index >= 15 is 0 Å². The molecule has 3 unspecified atom stereocenters. The van der Waals surface area contributed by atoms with E-state index in [0.717, 1.165) is 44.5 Å². The van der Waals surface area contributed by atoms with Gasteiger partial charge in [-0.05, 0) is 62.5 Å². The molecule has 0 bridgehead atoms. The first-order valence-corrected chi connectivity index (χ1v) is 8.63. The maximum absolute atomic E-state index is 13.0. The van der Waals surface area contributed by atoms with E-state index in [9.17, 15) is 9.18 Å². The Labute approximate surface area is 137 Å². The normalized spacial score (nSPS) is 28.7. The number of carbonyl (C=O) groups excluding carboxylic acids is 1. The van der Waals surface area contributed by atoms with E-state index in [1.165, 1.54) is 12.1 Å². The van der Waals surface area contributed by atoms with Gasteiger partial charge in [0.25, 0.3) is 0 Å². The molecule has 0 spiro atoms. The van der Waals surface area contributed by atoms with Gasteiger partial charge in [0.05, 0.1) is 6.04 Å². The first-order chi connectivity index (χ1) is 11.1. The number of hydrogen-bond donors (Lipinski definition) is 2. The molecule has 23 heavy (non-hydrogen) atoms. The number of amides is 1. The molecule has 0 aliphatic carbocycles. The van der Waals surface area contributed by atoms with E-state index in [4.69, 9.17) is 0 Å². The van der Waals surface area contributed by atoms with Gasteiger partial charge in [-0.15, -0.1) is 0 Å². The van der Waals surface area contributed by atoms with Gasteiger partial charge in [0, 0.05) is 12.6 Å². The number of likely N-dealkylation sites (tertiary alicyclic amines) is 1. The fraction of sp³-hybridized carbons (Fsp3) is 0.611. The van der Waals surface area contributed by atoms with Crippen molar-refractivity contribution in [3.63, 3.8) is 0 Å². The Morgan fingerprint density at radius 2 is 2.13 bits per heavy atom. The maximum atomic E-state index is 13.0. The predicted octanol–water partition coefficient (Wildman–Crippen LogP) is 1.90. The summed E-state index contributed by atoms with van der Waals surface area (Å²) in [6.07, 6.45) is 2.95. The molecule has 2 heterocycles.